The van der Waals surface area contributed by atoms with Crippen molar-refractivity contribution in [1.82, 2.24) is 4.57 Å². The Hall–Kier alpha value is -7.46. The van der Waals surface area contributed by atoms with Crippen molar-refractivity contribution in [2.75, 3.05) is 4.90 Å². The van der Waals surface area contributed by atoms with Crippen molar-refractivity contribution in [3.63, 3.8) is 0 Å². The molecule has 0 atom stereocenters. The van der Waals surface area contributed by atoms with Crippen LogP contribution in [0.5, 0.6) is 0 Å². The average molecular weight is 769 g/mol. The van der Waals surface area contributed by atoms with E-state index in [1.165, 1.54) is 85.8 Å². The Kier molecular flexibility index (Phi) is 7.75. The number of nitrogens with zero attached hydrogens (tertiary/aromatic N) is 2. The molecular formula is C56H36N2S. The number of benzene rings is 10. The highest BCUT2D eigenvalue weighted by atomic mass is 32.1. The molecule has 0 N–H and O–H groups in total. The van der Waals surface area contributed by atoms with Crippen molar-refractivity contribution in [3.8, 4) is 27.9 Å². The zero-order valence-electron chi connectivity index (χ0n) is 32.1. The summed E-state index contributed by atoms with van der Waals surface area (Å²) in [5.41, 5.74) is 11.8. The van der Waals surface area contributed by atoms with Gasteiger partial charge in [0.25, 0.3) is 0 Å². The molecule has 2 nitrogen and oxygen atoms in total. The number of anilines is 3. The van der Waals surface area contributed by atoms with E-state index in [1.807, 2.05) is 11.3 Å². The summed E-state index contributed by atoms with van der Waals surface area (Å²) >= 11 is 1.86. The van der Waals surface area contributed by atoms with Gasteiger partial charge in [-0.3, -0.25) is 0 Å². The van der Waals surface area contributed by atoms with Gasteiger partial charge >= 0.3 is 0 Å². The summed E-state index contributed by atoms with van der Waals surface area (Å²) in [7, 11) is 0. The van der Waals surface area contributed by atoms with E-state index >= 15 is 0 Å². The predicted molar refractivity (Wildman–Crippen MR) is 254 cm³/mol. The number of rotatable bonds is 6. The van der Waals surface area contributed by atoms with E-state index in [4.69, 9.17) is 0 Å². The van der Waals surface area contributed by atoms with E-state index < -0.39 is 0 Å². The van der Waals surface area contributed by atoms with Crippen LogP contribution in [0.4, 0.5) is 17.1 Å². The van der Waals surface area contributed by atoms with Crippen molar-refractivity contribution in [1.29, 1.82) is 0 Å². The van der Waals surface area contributed by atoms with Gasteiger partial charge in [0.05, 0.1) is 11.0 Å². The third-order valence-electron chi connectivity index (χ3n) is 12.0. The van der Waals surface area contributed by atoms with E-state index in [0.29, 0.717) is 0 Å². The first-order valence-electron chi connectivity index (χ1n) is 20.2. The summed E-state index contributed by atoms with van der Waals surface area (Å²) in [6, 6.07) is 79.9. The molecule has 2 aromatic heterocycles. The molecule has 0 radical (unpaired) electrons. The van der Waals surface area contributed by atoms with Crippen LogP contribution in [0.3, 0.4) is 0 Å². The van der Waals surface area contributed by atoms with E-state index in [-0.39, 0.29) is 0 Å². The first-order valence-corrected chi connectivity index (χ1v) is 21.0. The first kappa shape index (κ1) is 33.7. The molecular weight excluding hydrogens is 733 g/mol. The fraction of sp³-hybridized carbons (Fsp3) is 0. The van der Waals surface area contributed by atoms with Crippen LogP contribution >= 0.6 is 11.3 Å². The SMILES string of the molecule is c1ccc(-n2c3cc(-c4ccc(N(c5ccc(-c6cccc7sc8ccccc8c67)cc5)c5ccc6ccccc6c5)cc4)ccc3c3ccc4ccccc4c32)cc1. The third-order valence-corrected chi connectivity index (χ3v) is 13.1. The topological polar surface area (TPSA) is 8.17 Å². The molecule has 0 unspecified atom stereocenters. The number of fused-ring (bicyclic) bond motifs is 9. The van der Waals surface area contributed by atoms with Gasteiger partial charge in [0, 0.05) is 59.1 Å². The van der Waals surface area contributed by atoms with Gasteiger partial charge in [0.2, 0.25) is 0 Å². The number of para-hydroxylation sites is 1. The molecule has 0 aliphatic heterocycles. The molecule has 0 saturated carbocycles. The number of hydrogen-bond acceptors (Lipinski definition) is 2. The molecule has 12 aromatic rings. The van der Waals surface area contributed by atoms with Gasteiger partial charge in [-0.05, 0) is 105 Å². The maximum atomic E-state index is 2.44. The van der Waals surface area contributed by atoms with Gasteiger partial charge < -0.3 is 9.47 Å². The fourth-order valence-electron chi connectivity index (χ4n) is 9.17. The minimum absolute atomic E-state index is 1.11. The van der Waals surface area contributed by atoms with Gasteiger partial charge in [-0.1, -0.05) is 152 Å². The predicted octanol–water partition coefficient (Wildman–Crippen LogP) is 16.3. The quantitative estimate of drug-likeness (QED) is 0.164. The highest BCUT2D eigenvalue weighted by molar-refractivity contribution is 7.25. The first-order chi connectivity index (χ1) is 29.2. The molecule has 276 valence electrons. The molecule has 3 heteroatoms. The maximum Gasteiger partial charge on any atom is 0.0619 e. The third kappa shape index (κ3) is 5.55. The smallest absolute Gasteiger partial charge is 0.0619 e. The summed E-state index contributed by atoms with van der Waals surface area (Å²) in [6.07, 6.45) is 0. The Morgan fingerprint density at radius 3 is 1.78 bits per heavy atom. The Labute approximate surface area is 346 Å². The zero-order valence-corrected chi connectivity index (χ0v) is 32.9. The summed E-state index contributed by atoms with van der Waals surface area (Å²) in [6.45, 7) is 0. The van der Waals surface area contributed by atoms with Crippen LogP contribution in [0.25, 0.3) is 91.5 Å². The van der Waals surface area contributed by atoms with Crippen molar-refractivity contribution < 1.29 is 0 Å². The molecule has 2 heterocycles. The highest BCUT2D eigenvalue weighted by Gasteiger charge is 2.18. The fourth-order valence-corrected chi connectivity index (χ4v) is 10.3. The minimum Gasteiger partial charge on any atom is -0.310 e. The van der Waals surface area contributed by atoms with Gasteiger partial charge in [-0.2, -0.15) is 0 Å². The zero-order chi connectivity index (χ0) is 38.9. The minimum atomic E-state index is 1.11. The lowest BCUT2D eigenvalue weighted by atomic mass is 9.99. The van der Waals surface area contributed by atoms with Crippen molar-refractivity contribution in [2.24, 2.45) is 0 Å². The molecule has 10 aromatic carbocycles. The van der Waals surface area contributed by atoms with Crippen LogP contribution in [-0.2, 0) is 0 Å². The lowest BCUT2D eigenvalue weighted by Gasteiger charge is -2.26. The van der Waals surface area contributed by atoms with Crippen LogP contribution < -0.4 is 4.90 Å². The molecule has 0 spiro atoms. The standard InChI is InChI=1S/C56H36N2S/c1-2-14-43(15-3-1)58-52-36-42(27-33-49(52)50-34-26-39-12-6-7-16-48(39)56(50)58)38-21-28-44(29-22-38)57(46-32-23-37-11-4-5-13-41(37)35-46)45-30-24-40(25-31-45)47-18-10-20-54-55(47)51-17-8-9-19-53(51)59-54/h1-36H. The molecule has 59 heavy (non-hydrogen) atoms. The van der Waals surface area contributed by atoms with Gasteiger partial charge in [0.15, 0.2) is 0 Å². The second-order valence-corrected chi connectivity index (χ2v) is 16.4. The number of aromatic nitrogens is 1. The Morgan fingerprint density at radius 1 is 0.356 bits per heavy atom. The summed E-state index contributed by atoms with van der Waals surface area (Å²) in [4.78, 5) is 2.38. The van der Waals surface area contributed by atoms with Crippen molar-refractivity contribution in [3.05, 3.63) is 218 Å². The molecule has 0 aliphatic rings. The Balaban J connectivity index is 0.971. The molecule has 0 bridgehead atoms. The molecule has 0 saturated heterocycles. The van der Waals surface area contributed by atoms with E-state index in [1.54, 1.807) is 0 Å². The summed E-state index contributed by atoms with van der Waals surface area (Å²) in [5, 5.41) is 10.1. The second kappa shape index (κ2) is 13.6. The Bertz CT molecular complexity index is 3540. The van der Waals surface area contributed by atoms with E-state index in [9.17, 15) is 0 Å². The number of thiophene rings is 1. The summed E-state index contributed by atoms with van der Waals surface area (Å²) in [5.74, 6) is 0. The van der Waals surface area contributed by atoms with E-state index in [0.717, 1.165) is 22.7 Å². The highest BCUT2D eigenvalue weighted by Crippen LogP contribution is 2.43. The average Bonchev–Trinajstić information content (AvgIpc) is 3.86. The van der Waals surface area contributed by atoms with Crippen LogP contribution in [0.2, 0.25) is 0 Å². The van der Waals surface area contributed by atoms with Crippen molar-refractivity contribution >= 4 is 91.9 Å². The molecule has 0 aliphatic carbocycles. The lowest BCUT2D eigenvalue weighted by molar-refractivity contribution is 1.19. The van der Waals surface area contributed by atoms with Crippen LogP contribution in [0.1, 0.15) is 0 Å². The van der Waals surface area contributed by atoms with Gasteiger partial charge in [-0.25, -0.2) is 0 Å². The van der Waals surface area contributed by atoms with Crippen LogP contribution in [0, 0.1) is 0 Å². The second-order valence-electron chi connectivity index (χ2n) is 15.3. The summed E-state index contributed by atoms with van der Waals surface area (Å²) < 4.78 is 5.08. The monoisotopic (exact) mass is 768 g/mol. The molecule has 0 fully saturated rings. The normalized spacial score (nSPS) is 11.7. The van der Waals surface area contributed by atoms with Crippen LogP contribution in [0.15, 0.2) is 218 Å². The number of hydrogen-bond donors (Lipinski definition) is 0. The maximum absolute atomic E-state index is 2.44. The lowest BCUT2D eigenvalue weighted by Crippen LogP contribution is -2.09. The van der Waals surface area contributed by atoms with Crippen molar-refractivity contribution in [2.45, 2.75) is 0 Å². The Morgan fingerprint density at radius 2 is 0.966 bits per heavy atom. The van der Waals surface area contributed by atoms with E-state index in [2.05, 4.69) is 228 Å². The largest absolute Gasteiger partial charge is 0.310 e. The van der Waals surface area contributed by atoms with Crippen LogP contribution in [-0.4, -0.2) is 4.57 Å². The van der Waals surface area contributed by atoms with Gasteiger partial charge in [-0.15, -0.1) is 11.3 Å². The molecule has 0 amide bonds. The van der Waals surface area contributed by atoms with Gasteiger partial charge in [0.1, 0.15) is 0 Å². The molecule has 12 rings (SSSR count).